The summed E-state index contributed by atoms with van der Waals surface area (Å²) in [5.41, 5.74) is 1.49. The second kappa shape index (κ2) is 5.43. The number of amides is 1. The molecule has 2 rings (SSSR count). The van der Waals surface area contributed by atoms with E-state index >= 15 is 0 Å². The molecule has 0 fully saturated rings. The first-order chi connectivity index (χ1) is 9.08. The Labute approximate surface area is 110 Å². The molecule has 0 unspecified atom stereocenters. The van der Waals surface area contributed by atoms with Crippen molar-refractivity contribution in [2.75, 3.05) is 30.4 Å². The Morgan fingerprint density at radius 2 is 2.37 bits per heavy atom. The third-order valence-corrected chi connectivity index (χ3v) is 2.73. The number of hydrogen-bond donors (Lipinski definition) is 2. The van der Waals surface area contributed by atoms with Crippen LogP contribution in [0.25, 0.3) is 0 Å². The highest BCUT2D eigenvalue weighted by Crippen LogP contribution is 2.33. The van der Waals surface area contributed by atoms with E-state index in [0.29, 0.717) is 18.0 Å². The van der Waals surface area contributed by atoms with Crippen LogP contribution in [0.3, 0.4) is 0 Å². The van der Waals surface area contributed by atoms with Crippen molar-refractivity contribution in [3.8, 4) is 5.75 Å². The van der Waals surface area contributed by atoms with Crippen LogP contribution in [0.5, 0.6) is 5.75 Å². The normalized spacial score (nSPS) is 14.2. The molecule has 0 spiro atoms. The fraction of sp³-hybridized carbons (Fsp3) is 0.231. The summed E-state index contributed by atoms with van der Waals surface area (Å²) in [5, 5.41) is 11.5. The first-order valence-corrected chi connectivity index (χ1v) is 5.74. The van der Waals surface area contributed by atoms with Gasteiger partial charge in [-0.1, -0.05) is 6.08 Å². The molecule has 0 saturated carbocycles. The lowest BCUT2D eigenvalue weighted by molar-refractivity contribution is -0.131. The van der Waals surface area contributed by atoms with Crippen molar-refractivity contribution in [2.24, 2.45) is 0 Å². The zero-order valence-electron chi connectivity index (χ0n) is 10.4. The van der Waals surface area contributed by atoms with Gasteiger partial charge in [0.2, 0.25) is 0 Å². The Kier molecular flexibility index (Phi) is 3.70. The molecule has 0 aliphatic carbocycles. The predicted molar refractivity (Wildman–Crippen MR) is 70.6 cm³/mol. The molecule has 2 N–H and O–H groups in total. The number of carbonyl (C=O) groups excluding carboxylic acids is 1. The number of carboxylic acid groups (broad SMARTS) is 1. The molecule has 6 nitrogen and oxygen atoms in total. The van der Waals surface area contributed by atoms with E-state index in [4.69, 9.17) is 9.84 Å². The van der Waals surface area contributed by atoms with Crippen molar-refractivity contribution in [3.05, 3.63) is 30.4 Å². The monoisotopic (exact) mass is 262 g/mol. The van der Waals surface area contributed by atoms with Crippen molar-refractivity contribution in [2.45, 2.75) is 0 Å². The molecule has 1 aromatic rings. The molecule has 0 atom stereocenters. The van der Waals surface area contributed by atoms with Crippen LogP contribution in [0.4, 0.5) is 11.4 Å². The molecule has 100 valence electrons. The first kappa shape index (κ1) is 12.9. The zero-order chi connectivity index (χ0) is 13.8. The van der Waals surface area contributed by atoms with E-state index in [2.05, 4.69) is 5.32 Å². The van der Waals surface area contributed by atoms with Gasteiger partial charge in [0.15, 0.2) is 6.61 Å². The van der Waals surface area contributed by atoms with E-state index in [1.807, 2.05) is 6.07 Å². The second-order valence-electron chi connectivity index (χ2n) is 4.05. The Morgan fingerprint density at radius 3 is 3.11 bits per heavy atom. The molecule has 0 bridgehead atoms. The smallest absolute Gasteiger partial charge is 0.328 e. The Morgan fingerprint density at radius 1 is 1.58 bits per heavy atom. The second-order valence-corrected chi connectivity index (χ2v) is 4.05. The Balaban J connectivity index is 2.08. The molecule has 1 aliphatic rings. The van der Waals surface area contributed by atoms with Crippen molar-refractivity contribution < 1.29 is 19.4 Å². The van der Waals surface area contributed by atoms with Gasteiger partial charge in [-0.15, -0.1) is 0 Å². The number of nitrogens with zero attached hydrogens (tertiary/aromatic N) is 1. The topological polar surface area (TPSA) is 78.9 Å². The van der Waals surface area contributed by atoms with Gasteiger partial charge in [0.25, 0.3) is 5.91 Å². The summed E-state index contributed by atoms with van der Waals surface area (Å²) in [4.78, 5) is 23.4. The largest absolute Gasteiger partial charge is 0.482 e. The van der Waals surface area contributed by atoms with E-state index in [-0.39, 0.29) is 12.5 Å². The van der Waals surface area contributed by atoms with E-state index in [9.17, 15) is 9.59 Å². The summed E-state index contributed by atoms with van der Waals surface area (Å²) in [6, 6.07) is 5.39. The molecule has 1 amide bonds. The molecular weight excluding hydrogens is 248 g/mol. The Bertz CT molecular complexity index is 539. The number of hydrogen-bond acceptors (Lipinski definition) is 4. The van der Waals surface area contributed by atoms with Crippen LogP contribution < -0.4 is 15.0 Å². The minimum atomic E-state index is -0.981. The van der Waals surface area contributed by atoms with Crippen molar-refractivity contribution >= 4 is 23.3 Å². The summed E-state index contributed by atoms with van der Waals surface area (Å²) < 4.78 is 5.31. The number of ether oxygens (including phenoxy) is 1. The highest BCUT2D eigenvalue weighted by Gasteiger charge is 2.22. The molecule has 19 heavy (non-hydrogen) atoms. The highest BCUT2D eigenvalue weighted by atomic mass is 16.5. The van der Waals surface area contributed by atoms with Crippen LogP contribution >= 0.6 is 0 Å². The number of carbonyl (C=O) groups is 2. The van der Waals surface area contributed by atoms with E-state index in [1.165, 1.54) is 11.0 Å². The maximum atomic E-state index is 11.5. The Hall–Kier alpha value is -2.50. The van der Waals surface area contributed by atoms with Gasteiger partial charge >= 0.3 is 5.97 Å². The summed E-state index contributed by atoms with van der Waals surface area (Å²) in [5.74, 6) is -0.421. The summed E-state index contributed by atoms with van der Waals surface area (Å²) in [7, 11) is 1.69. The van der Waals surface area contributed by atoms with Crippen LogP contribution in [0.1, 0.15) is 0 Å². The molecular formula is C13H14N2O4. The minimum absolute atomic E-state index is 0.0532. The number of nitrogens with one attached hydrogen (secondary N) is 1. The lowest BCUT2D eigenvalue weighted by Gasteiger charge is -2.26. The molecule has 0 saturated heterocycles. The first-order valence-electron chi connectivity index (χ1n) is 5.74. The minimum Gasteiger partial charge on any atom is -0.482 e. The molecule has 0 aromatic heterocycles. The van der Waals surface area contributed by atoms with Gasteiger partial charge in [0.05, 0.1) is 5.69 Å². The fourth-order valence-corrected chi connectivity index (χ4v) is 1.72. The van der Waals surface area contributed by atoms with Gasteiger partial charge in [-0.25, -0.2) is 4.79 Å². The number of aliphatic carboxylic acids is 1. The molecule has 1 aliphatic heterocycles. The molecule has 6 heteroatoms. The molecule has 1 heterocycles. The molecule has 0 radical (unpaired) electrons. The lowest BCUT2D eigenvalue weighted by atomic mass is 10.2. The molecule has 1 aromatic carbocycles. The van der Waals surface area contributed by atoms with Crippen LogP contribution in [-0.4, -0.2) is 37.2 Å². The summed E-state index contributed by atoms with van der Waals surface area (Å²) in [6.07, 6.45) is 2.58. The van der Waals surface area contributed by atoms with Crippen LogP contribution in [0.2, 0.25) is 0 Å². The zero-order valence-corrected chi connectivity index (χ0v) is 10.4. The van der Waals surface area contributed by atoms with Gasteiger partial charge in [-0.3, -0.25) is 4.79 Å². The average Bonchev–Trinajstić information content (AvgIpc) is 2.39. The number of anilines is 2. The van der Waals surface area contributed by atoms with E-state index in [1.54, 1.807) is 19.2 Å². The van der Waals surface area contributed by atoms with Crippen LogP contribution in [0, 0.1) is 0 Å². The van der Waals surface area contributed by atoms with Gasteiger partial charge < -0.3 is 20.1 Å². The summed E-state index contributed by atoms with van der Waals surface area (Å²) in [6.45, 7) is 0.446. The fourth-order valence-electron chi connectivity index (χ4n) is 1.72. The van der Waals surface area contributed by atoms with Crippen LogP contribution in [0.15, 0.2) is 30.4 Å². The van der Waals surface area contributed by atoms with E-state index < -0.39 is 5.97 Å². The van der Waals surface area contributed by atoms with E-state index in [0.717, 1.165) is 11.8 Å². The van der Waals surface area contributed by atoms with Crippen molar-refractivity contribution in [3.63, 3.8) is 0 Å². The maximum absolute atomic E-state index is 11.5. The maximum Gasteiger partial charge on any atom is 0.328 e. The third-order valence-electron chi connectivity index (χ3n) is 2.73. The average molecular weight is 262 g/mol. The van der Waals surface area contributed by atoms with Gasteiger partial charge in [-0.05, 0) is 18.2 Å². The highest BCUT2D eigenvalue weighted by molar-refractivity contribution is 5.97. The van der Waals surface area contributed by atoms with Crippen LogP contribution in [-0.2, 0) is 9.59 Å². The predicted octanol–water partition coefficient (Wildman–Crippen LogP) is 1.09. The number of likely N-dealkylation sites (N-methyl/N-ethyl adjacent to an activating group) is 1. The number of carboxylic acids is 1. The van der Waals surface area contributed by atoms with Gasteiger partial charge in [0, 0.05) is 25.4 Å². The third kappa shape index (κ3) is 3.04. The van der Waals surface area contributed by atoms with Crippen molar-refractivity contribution in [1.82, 2.24) is 0 Å². The quantitative estimate of drug-likeness (QED) is 0.794. The van der Waals surface area contributed by atoms with Gasteiger partial charge in [0.1, 0.15) is 5.75 Å². The number of fused-ring (bicyclic) bond motifs is 1. The number of rotatable bonds is 4. The SMILES string of the molecule is CN1C(=O)COc2ccc(NC/C=C/C(=O)O)cc21. The summed E-state index contributed by atoms with van der Waals surface area (Å²) >= 11 is 0. The standard InChI is InChI=1S/C13H14N2O4/c1-15-10-7-9(14-6-2-3-13(17)18)4-5-11(10)19-8-12(15)16/h2-5,7,14H,6,8H2,1H3,(H,17,18)/b3-2+. The number of benzene rings is 1. The van der Waals surface area contributed by atoms with Crippen molar-refractivity contribution in [1.29, 1.82) is 0 Å². The van der Waals surface area contributed by atoms with Gasteiger partial charge in [-0.2, -0.15) is 0 Å². The lowest BCUT2D eigenvalue weighted by Crippen LogP contribution is -2.35.